The van der Waals surface area contributed by atoms with Crippen molar-refractivity contribution in [3.63, 3.8) is 0 Å². The SMILES string of the molecule is C[SiH](C)OC12C=C(C=O)CC1[C@H](C(C)(C)C)[C@H](OC1CCCCO1)C2. The molecule has 0 amide bonds. The highest BCUT2D eigenvalue weighted by atomic mass is 28.3. The number of rotatable bonds is 5. The van der Waals surface area contributed by atoms with Crippen LogP contribution in [0.25, 0.3) is 0 Å². The van der Waals surface area contributed by atoms with Crippen LogP contribution in [0.1, 0.15) is 52.9 Å². The van der Waals surface area contributed by atoms with E-state index in [1.165, 1.54) is 6.42 Å². The summed E-state index contributed by atoms with van der Waals surface area (Å²) in [6.07, 6.45) is 8.16. The van der Waals surface area contributed by atoms with Gasteiger partial charge in [-0.25, -0.2) is 0 Å². The number of aldehydes is 1. The predicted molar refractivity (Wildman–Crippen MR) is 101 cm³/mol. The molecule has 0 aromatic carbocycles. The van der Waals surface area contributed by atoms with E-state index in [2.05, 4.69) is 39.9 Å². The average Bonchev–Trinajstić information content (AvgIpc) is 2.97. The van der Waals surface area contributed by atoms with Gasteiger partial charge in [-0.3, -0.25) is 4.79 Å². The Morgan fingerprint density at radius 1 is 1.32 bits per heavy atom. The fraction of sp³-hybridized carbons (Fsp3) is 0.850. The van der Waals surface area contributed by atoms with Crippen LogP contribution in [0.3, 0.4) is 0 Å². The third-order valence-electron chi connectivity index (χ3n) is 5.94. The van der Waals surface area contributed by atoms with Crippen molar-refractivity contribution in [2.45, 2.75) is 84.0 Å². The Kier molecular flexibility index (Phi) is 5.59. The highest BCUT2D eigenvalue weighted by Gasteiger charge is 2.59. The summed E-state index contributed by atoms with van der Waals surface area (Å²) < 4.78 is 18.9. The number of hydrogen-bond acceptors (Lipinski definition) is 4. The zero-order valence-electron chi connectivity index (χ0n) is 16.4. The molecule has 0 spiro atoms. The molecule has 5 heteroatoms. The third-order valence-corrected chi connectivity index (χ3v) is 6.85. The molecule has 2 fully saturated rings. The zero-order valence-corrected chi connectivity index (χ0v) is 17.6. The van der Waals surface area contributed by atoms with E-state index in [1.54, 1.807) is 0 Å². The van der Waals surface area contributed by atoms with Gasteiger partial charge in [0.05, 0.1) is 11.7 Å². The molecule has 3 aliphatic rings. The van der Waals surface area contributed by atoms with Crippen molar-refractivity contribution in [3.05, 3.63) is 11.6 Å². The first-order valence-electron chi connectivity index (χ1n) is 9.87. The molecule has 3 rings (SSSR count). The fourth-order valence-corrected chi connectivity index (χ4v) is 6.46. The van der Waals surface area contributed by atoms with Crippen LogP contribution in [0.4, 0.5) is 0 Å². The lowest BCUT2D eigenvalue weighted by atomic mass is 9.71. The summed E-state index contributed by atoms with van der Waals surface area (Å²) in [5, 5.41) is 0. The minimum absolute atomic E-state index is 0.0784. The number of hydrogen-bond donors (Lipinski definition) is 0. The molecular formula is C20H34O4Si. The second kappa shape index (κ2) is 7.26. The van der Waals surface area contributed by atoms with E-state index >= 15 is 0 Å². The van der Waals surface area contributed by atoms with Gasteiger partial charge in [-0.2, -0.15) is 0 Å². The number of ether oxygens (including phenoxy) is 2. The average molecular weight is 367 g/mol. The Labute approximate surface area is 154 Å². The molecule has 3 unspecified atom stereocenters. The van der Waals surface area contributed by atoms with Gasteiger partial charge in [0.15, 0.2) is 15.3 Å². The Balaban J connectivity index is 1.88. The van der Waals surface area contributed by atoms with Crippen molar-refractivity contribution >= 4 is 15.3 Å². The molecule has 0 aromatic heterocycles. The smallest absolute Gasteiger partial charge is 0.172 e. The molecule has 1 saturated heterocycles. The normalized spacial score (nSPS) is 38.7. The summed E-state index contributed by atoms with van der Waals surface area (Å²) in [5.74, 6) is 0.690. The molecule has 0 aromatic rings. The van der Waals surface area contributed by atoms with E-state index in [4.69, 9.17) is 13.9 Å². The molecule has 1 heterocycles. The van der Waals surface area contributed by atoms with Crippen molar-refractivity contribution in [2.24, 2.45) is 17.3 Å². The van der Waals surface area contributed by atoms with Gasteiger partial charge in [0, 0.05) is 18.9 Å². The lowest BCUT2D eigenvalue weighted by Gasteiger charge is -2.39. The molecule has 5 atom stereocenters. The van der Waals surface area contributed by atoms with E-state index < -0.39 is 9.04 Å². The molecule has 0 bridgehead atoms. The van der Waals surface area contributed by atoms with Crippen LogP contribution in [0.2, 0.25) is 13.1 Å². The van der Waals surface area contributed by atoms with Crippen molar-refractivity contribution in [2.75, 3.05) is 6.61 Å². The summed E-state index contributed by atoms with van der Waals surface area (Å²) >= 11 is 0. The Hall–Kier alpha value is -0.493. The first kappa shape index (κ1) is 19.3. The summed E-state index contributed by atoms with van der Waals surface area (Å²) in [5.41, 5.74) is 0.689. The van der Waals surface area contributed by atoms with Crippen molar-refractivity contribution in [3.8, 4) is 0 Å². The molecule has 25 heavy (non-hydrogen) atoms. The van der Waals surface area contributed by atoms with Crippen molar-refractivity contribution in [1.29, 1.82) is 0 Å². The first-order valence-corrected chi connectivity index (χ1v) is 12.6. The number of fused-ring (bicyclic) bond motifs is 1. The van der Waals surface area contributed by atoms with Gasteiger partial charge in [-0.15, -0.1) is 0 Å². The largest absolute Gasteiger partial charge is 0.411 e. The predicted octanol–water partition coefficient (Wildman–Crippen LogP) is 3.85. The van der Waals surface area contributed by atoms with Crippen molar-refractivity contribution in [1.82, 2.24) is 0 Å². The minimum Gasteiger partial charge on any atom is -0.411 e. The van der Waals surface area contributed by atoms with Crippen LogP contribution in [-0.2, 0) is 18.7 Å². The number of allylic oxidation sites excluding steroid dienone is 1. The Bertz CT molecular complexity index is 518. The summed E-state index contributed by atoms with van der Waals surface area (Å²) in [6.45, 7) is 12.1. The lowest BCUT2D eigenvalue weighted by Crippen LogP contribution is -2.40. The Morgan fingerprint density at radius 3 is 2.64 bits per heavy atom. The maximum Gasteiger partial charge on any atom is 0.172 e. The topological polar surface area (TPSA) is 44.8 Å². The molecule has 1 saturated carbocycles. The van der Waals surface area contributed by atoms with Crippen molar-refractivity contribution < 1.29 is 18.7 Å². The van der Waals surface area contributed by atoms with Gasteiger partial charge in [0.25, 0.3) is 0 Å². The van der Waals surface area contributed by atoms with Gasteiger partial charge in [0.1, 0.15) is 6.29 Å². The maximum atomic E-state index is 11.5. The van der Waals surface area contributed by atoms with Gasteiger partial charge >= 0.3 is 0 Å². The monoisotopic (exact) mass is 366 g/mol. The fourth-order valence-electron chi connectivity index (χ4n) is 5.25. The first-order chi connectivity index (χ1) is 11.7. The summed E-state index contributed by atoms with van der Waals surface area (Å²) in [6, 6.07) is 0. The minimum atomic E-state index is -1.25. The third kappa shape index (κ3) is 3.94. The second-order valence-electron chi connectivity index (χ2n) is 9.34. The summed E-state index contributed by atoms with van der Waals surface area (Å²) in [4.78, 5) is 11.5. The highest BCUT2D eigenvalue weighted by Crippen LogP contribution is 2.57. The molecule has 0 N–H and O–H groups in total. The standard InChI is InChI=1S/C20H34O4Si/c1-19(2,3)18-15-10-14(13-21)11-20(15,24-25(4)5)12-16(18)23-17-8-6-7-9-22-17/h11,13,15-18,25H,6-10,12H2,1-5H3/t15?,16-,17?,18+,20?/m1/s1. The molecule has 2 aliphatic carbocycles. The molecule has 0 radical (unpaired) electrons. The Morgan fingerprint density at radius 2 is 2.08 bits per heavy atom. The van der Waals surface area contributed by atoms with Gasteiger partial charge in [0.2, 0.25) is 0 Å². The maximum absolute atomic E-state index is 11.5. The zero-order chi connectivity index (χ0) is 18.2. The quantitative estimate of drug-likeness (QED) is 0.548. The molecule has 4 nitrogen and oxygen atoms in total. The van der Waals surface area contributed by atoms with E-state index in [9.17, 15) is 4.79 Å². The van der Waals surface area contributed by atoms with Crippen LogP contribution in [0.15, 0.2) is 11.6 Å². The van der Waals surface area contributed by atoms with Crippen LogP contribution in [-0.4, -0.2) is 39.9 Å². The highest BCUT2D eigenvalue weighted by molar-refractivity contribution is 6.48. The molecule has 142 valence electrons. The van der Waals surface area contributed by atoms with Crippen LogP contribution in [0.5, 0.6) is 0 Å². The number of carbonyl (C=O) groups excluding carboxylic acids is 1. The van der Waals surface area contributed by atoms with Crippen LogP contribution < -0.4 is 0 Å². The number of carbonyl (C=O) groups is 1. The van der Waals surface area contributed by atoms with E-state index in [1.807, 2.05) is 0 Å². The van der Waals surface area contributed by atoms with Gasteiger partial charge in [-0.05, 0) is 61.8 Å². The second-order valence-corrected chi connectivity index (χ2v) is 11.7. The molecule has 1 aliphatic heterocycles. The molecular weight excluding hydrogens is 332 g/mol. The van der Waals surface area contributed by atoms with Gasteiger partial charge in [-0.1, -0.05) is 20.8 Å². The van der Waals surface area contributed by atoms with Crippen LogP contribution >= 0.6 is 0 Å². The van der Waals surface area contributed by atoms with Gasteiger partial charge < -0.3 is 13.9 Å². The van der Waals surface area contributed by atoms with E-state index in [0.29, 0.717) is 11.8 Å². The lowest BCUT2D eigenvalue weighted by molar-refractivity contribution is -0.202. The summed E-state index contributed by atoms with van der Waals surface area (Å²) in [7, 11) is -1.25. The van der Waals surface area contributed by atoms with E-state index in [-0.39, 0.29) is 23.4 Å². The van der Waals surface area contributed by atoms with Crippen LogP contribution in [0, 0.1) is 17.3 Å². The van der Waals surface area contributed by atoms with E-state index in [0.717, 1.165) is 44.1 Å².